The number of nitriles is 1. The Morgan fingerprint density at radius 1 is 1.36 bits per heavy atom. The van der Waals surface area contributed by atoms with Gasteiger partial charge in [-0.3, -0.25) is 9.59 Å². The Balaban J connectivity index is 2.93. The van der Waals surface area contributed by atoms with E-state index in [0.717, 1.165) is 0 Å². The first kappa shape index (κ1) is 17.2. The molecule has 0 heterocycles. The number of nitrogens with two attached hydrogens (primary N) is 1. The molecule has 0 aliphatic rings. The monoisotopic (exact) mass is 303 g/mol. The Hall–Kier alpha value is -2.88. The zero-order valence-electron chi connectivity index (χ0n) is 12.3. The third-order valence-electron chi connectivity index (χ3n) is 3.12. The van der Waals surface area contributed by atoms with Gasteiger partial charge in [-0.05, 0) is 24.1 Å². The lowest BCUT2D eigenvalue weighted by Gasteiger charge is -2.20. The fraction of sp³-hybridized carbons (Fsp3) is 0.333. The van der Waals surface area contributed by atoms with Crippen molar-refractivity contribution in [2.24, 2.45) is 11.7 Å². The number of nitrogens with zero attached hydrogens (tertiary/aromatic N) is 1. The van der Waals surface area contributed by atoms with Crippen molar-refractivity contribution in [1.29, 1.82) is 5.26 Å². The maximum Gasteiger partial charge on any atom is 0.337 e. The first-order chi connectivity index (χ1) is 10.4. The summed E-state index contributed by atoms with van der Waals surface area (Å²) in [5.41, 5.74) is 5.67. The normalized spacial score (nSPS) is 12.6. The van der Waals surface area contributed by atoms with E-state index in [4.69, 9.17) is 11.0 Å². The second-order valence-electron chi connectivity index (χ2n) is 4.77. The fourth-order valence-electron chi connectivity index (χ4n) is 1.89. The Kier molecular flexibility index (Phi) is 6.08. The maximum atomic E-state index is 12.2. The summed E-state index contributed by atoms with van der Waals surface area (Å²) in [6, 6.07) is 6.85. The van der Waals surface area contributed by atoms with Crippen LogP contribution >= 0.6 is 0 Å². The molecule has 0 fully saturated rings. The molecule has 7 nitrogen and oxygen atoms in total. The highest BCUT2D eigenvalue weighted by molar-refractivity contribution is 5.99. The van der Waals surface area contributed by atoms with E-state index in [1.165, 1.54) is 31.4 Å². The highest BCUT2D eigenvalue weighted by atomic mass is 16.5. The van der Waals surface area contributed by atoms with Gasteiger partial charge in [0.25, 0.3) is 5.91 Å². The smallest absolute Gasteiger partial charge is 0.337 e. The van der Waals surface area contributed by atoms with Gasteiger partial charge in [0.05, 0.1) is 18.7 Å². The number of ether oxygens (including phenoxy) is 1. The molecule has 1 aromatic rings. The van der Waals surface area contributed by atoms with Gasteiger partial charge < -0.3 is 15.8 Å². The molecule has 116 valence electrons. The molecular formula is C15H17N3O4. The molecule has 0 aliphatic carbocycles. The minimum atomic E-state index is -0.964. The molecule has 0 saturated carbocycles. The highest BCUT2D eigenvalue weighted by Crippen LogP contribution is 2.11. The summed E-state index contributed by atoms with van der Waals surface area (Å²) in [6.07, 6.45) is 0.0795. The number of carbonyl (C=O) groups excluding carboxylic acids is 3. The topological polar surface area (TPSA) is 122 Å². The lowest BCUT2D eigenvalue weighted by atomic mass is 9.98. The number of methoxy groups -OCH3 is 1. The first-order valence-corrected chi connectivity index (χ1v) is 6.56. The van der Waals surface area contributed by atoms with Crippen LogP contribution in [0.3, 0.4) is 0 Å². The average molecular weight is 303 g/mol. The standard InChI is InChI=1S/C15H17N3O4/c1-9(6-7-16)12(13(17)19)18-14(20)10-4-3-5-11(8-10)15(21)22-2/h3-5,8-9,12H,6H2,1-2H3,(H2,17,19)(H,18,20)/t9-,12+/m1/s1. The van der Waals surface area contributed by atoms with Gasteiger partial charge in [-0.1, -0.05) is 13.0 Å². The molecule has 3 N–H and O–H groups in total. The van der Waals surface area contributed by atoms with E-state index >= 15 is 0 Å². The SMILES string of the molecule is COC(=O)c1cccc(C(=O)N[C@H](C(N)=O)[C@H](C)CC#N)c1. The molecule has 22 heavy (non-hydrogen) atoms. The van der Waals surface area contributed by atoms with Crippen molar-refractivity contribution in [2.45, 2.75) is 19.4 Å². The molecule has 0 radical (unpaired) electrons. The zero-order valence-corrected chi connectivity index (χ0v) is 12.3. The minimum Gasteiger partial charge on any atom is -0.465 e. The van der Waals surface area contributed by atoms with Crippen molar-refractivity contribution in [3.05, 3.63) is 35.4 Å². The number of amides is 2. The quantitative estimate of drug-likeness (QED) is 0.745. The van der Waals surface area contributed by atoms with Crippen LogP contribution < -0.4 is 11.1 Å². The Morgan fingerprint density at radius 3 is 2.55 bits per heavy atom. The van der Waals surface area contributed by atoms with Crippen LogP contribution in [-0.4, -0.2) is 30.9 Å². The minimum absolute atomic E-state index is 0.0795. The molecule has 0 aliphatic heterocycles. The van der Waals surface area contributed by atoms with E-state index in [0.29, 0.717) is 0 Å². The van der Waals surface area contributed by atoms with E-state index in [9.17, 15) is 14.4 Å². The Morgan fingerprint density at radius 2 is 2.00 bits per heavy atom. The van der Waals surface area contributed by atoms with Crippen LogP contribution in [0.5, 0.6) is 0 Å². The van der Waals surface area contributed by atoms with Crippen LogP contribution in [0.25, 0.3) is 0 Å². The third-order valence-corrected chi connectivity index (χ3v) is 3.12. The molecule has 0 saturated heterocycles. The first-order valence-electron chi connectivity index (χ1n) is 6.56. The molecule has 1 rings (SSSR count). The molecule has 1 aromatic carbocycles. The third kappa shape index (κ3) is 4.31. The highest BCUT2D eigenvalue weighted by Gasteiger charge is 2.25. The maximum absolute atomic E-state index is 12.2. The van der Waals surface area contributed by atoms with Crippen LogP contribution in [0.2, 0.25) is 0 Å². The van der Waals surface area contributed by atoms with Crippen LogP contribution in [0.15, 0.2) is 24.3 Å². The summed E-state index contributed by atoms with van der Waals surface area (Å²) in [4.78, 5) is 35.1. The number of benzene rings is 1. The second-order valence-corrected chi connectivity index (χ2v) is 4.77. The van der Waals surface area contributed by atoms with Crippen molar-refractivity contribution >= 4 is 17.8 Å². The van der Waals surface area contributed by atoms with Crippen molar-refractivity contribution in [3.63, 3.8) is 0 Å². The molecule has 2 atom stereocenters. The van der Waals surface area contributed by atoms with E-state index in [1.807, 2.05) is 6.07 Å². The van der Waals surface area contributed by atoms with Gasteiger partial charge in [-0.25, -0.2) is 4.79 Å². The van der Waals surface area contributed by atoms with Gasteiger partial charge in [0, 0.05) is 12.0 Å². The van der Waals surface area contributed by atoms with Gasteiger partial charge >= 0.3 is 5.97 Å². The van der Waals surface area contributed by atoms with Gasteiger partial charge in [0.2, 0.25) is 5.91 Å². The van der Waals surface area contributed by atoms with Gasteiger partial charge in [0.1, 0.15) is 6.04 Å². The molecule has 2 amide bonds. The predicted octanol–water partition coefficient (Wildman–Crippen LogP) is 0.607. The van der Waals surface area contributed by atoms with Gasteiger partial charge in [-0.2, -0.15) is 5.26 Å². The Bertz CT molecular complexity index is 621. The largest absolute Gasteiger partial charge is 0.465 e. The number of nitrogens with one attached hydrogen (secondary N) is 1. The fourth-order valence-corrected chi connectivity index (χ4v) is 1.89. The van der Waals surface area contributed by atoms with Crippen LogP contribution in [0.4, 0.5) is 0 Å². The average Bonchev–Trinajstić information content (AvgIpc) is 2.51. The summed E-state index contributed by atoms with van der Waals surface area (Å²) in [6.45, 7) is 1.64. The van der Waals surface area contributed by atoms with E-state index in [2.05, 4.69) is 10.1 Å². The summed E-state index contributed by atoms with van der Waals surface area (Å²) in [5.74, 6) is -2.27. The Labute approximate surface area is 128 Å². The van der Waals surface area contributed by atoms with E-state index < -0.39 is 29.7 Å². The molecular weight excluding hydrogens is 286 g/mol. The van der Waals surface area contributed by atoms with Crippen LogP contribution in [-0.2, 0) is 9.53 Å². The van der Waals surface area contributed by atoms with Crippen LogP contribution in [0, 0.1) is 17.2 Å². The van der Waals surface area contributed by atoms with Crippen molar-refractivity contribution in [2.75, 3.05) is 7.11 Å². The number of rotatable bonds is 6. The lowest BCUT2D eigenvalue weighted by Crippen LogP contribution is -2.48. The number of carbonyl (C=O) groups is 3. The van der Waals surface area contributed by atoms with E-state index in [1.54, 1.807) is 6.92 Å². The summed E-state index contributed by atoms with van der Waals surface area (Å²) >= 11 is 0. The van der Waals surface area contributed by atoms with Crippen molar-refractivity contribution in [1.82, 2.24) is 5.32 Å². The van der Waals surface area contributed by atoms with Crippen LogP contribution in [0.1, 0.15) is 34.1 Å². The number of hydrogen-bond acceptors (Lipinski definition) is 5. The lowest BCUT2D eigenvalue weighted by molar-refractivity contribution is -0.120. The number of hydrogen-bond donors (Lipinski definition) is 2. The number of primary amides is 1. The van der Waals surface area contributed by atoms with Crippen molar-refractivity contribution in [3.8, 4) is 6.07 Å². The molecule has 0 aromatic heterocycles. The van der Waals surface area contributed by atoms with Gasteiger partial charge in [-0.15, -0.1) is 0 Å². The molecule has 7 heteroatoms. The summed E-state index contributed by atoms with van der Waals surface area (Å²) < 4.78 is 4.58. The van der Waals surface area contributed by atoms with E-state index in [-0.39, 0.29) is 17.5 Å². The molecule has 0 spiro atoms. The molecule has 0 bridgehead atoms. The summed E-state index contributed by atoms with van der Waals surface area (Å²) in [5, 5.41) is 11.2. The zero-order chi connectivity index (χ0) is 16.7. The second kappa shape index (κ2) is 7.78. The number of esters is 1. The molecule has 0 unspecified atom stereocenters. The van der Waals surface area contributed by atoms with Gasteiger partial charge in [0.15, 0.2) is 0 Å². The summed E-state index contributed by atoms with van der Waals surface area (Å²) in [7, 11) is 1.24. The van der Waals surface area contributed by atoms with Crippen molar-refractivity contribution < 1.29 is 19.1 Å². The predicted molar refractivity (Wildman–Crippen MR) is 77.6 cm³/mol.